The number of benzene rings is 1. The van der Waals surface area contributed by atoms with Crippen molar-refractivity contribution in [2.24, 2.45) is 0 Å². The number of rotatable bonds is 7. The number of amides is 1. The topological polar surface area (TPSA) is 93.7 Å². The molecular formula is C23H20N6O2S. The Morgan fingerprint density at radius 3 is 2.75 bits per heavy atom. The van der Waals surface area contributed by atoms with Crippen molar-refractivity contribution in [2.75, 3.05) is 6.54 Å². The molecule has 160 valence electrons. The smallest absolute Gasteiger partial charge is 0.271 e. The minimum Gasteiger partial charge on any atom is -0.352 e. The molecule has 4 aromatic heterocycles. The standard InChI is InChI=1S/C23H20N6O2S/c30-21(24-11-6-10-20-27-26-19-9-4-5-12-28(19)20)18-14-25-23-29(22(18)31)15-17(32-23)13-16-7-2-1-3-8-16/h1-5,7-9,12,14-15H,6,10-11,13H2,(H,24,30). The van der Waals surface area contributed by atoms with Crippen LogP contribution in [0.25, 0.3) is 10.6 Å². The molecule has 1 amide bonds. The molecule has 0 aliphatic rings. The van der Waals surface area contributed by atoms with E-state index in [1.165, 1.54) is 21.9 Å². The van der Waals surface area contributed by atoms with Crippen LogP contribution < -0.4 is 10.9 Å². The van der Waals surface area contributed by atoms with E-state index in [0.29, 0.717) is 30.8 Å². The van der Waals surface area contributed by atoms with Crippen molar-refractivity contribution in [3.05, 3.63) is 99.3 Å². The predicted octanol–water partition coefficient (Wildman–Crippen LogP) is 2.75. The number of pyridine rings is 1. The van der Waals surface area contributed by atoms with Crippen molar-refractivity contribution < 1.29 is 4.79 Å². The van der Waals surface area contributed by atoms with E-state index in [1.807, 2.05) is 59.1 Å². The summed E-state index contributed by atoms with van der Waals surface area (Å²) in [5, 5.41) is 11.1. The number of nitrogens with zero attached hydrogens (tertiary/aromatic N) is 5. The van der Waals surface area contributed by atoms with Crippen LogP contribution in [0.4, 0.5) is 0 Å². The molecule has 0 atom stereocenters. The van der Waals surface area contributed by atoms with Crippen LogP contribution in [-0.2, 0) is 12.8 Å². The molecule has 0 spiro atoms. The number of aryl methyl sites for hydroxylation is 1. The van der Waals surface area contributed by atoms with Crippen molar-refractivity contribution in [3.8, 4) is 0 Å². The van der Waals surface area contributed by atoms with Crippen molar-refractivity contribution >= 4 is 27.9 Å². The van der Waals surface area contributed by atoms with E-state index >= 15 is 0 Å². The predicted molar refractivity (Wildman–Crippen MR) is 122 cm³/mol. The lowest BCUT2D eigenvalue weighted by molar-refractivity contribution is 0.0951. The van der Waals surface area contributed by atoms with E-state index in [-0.39, 0.29) is 11.1 Å². The van der Waals surface area contributed by atoms with Crippen molar-refractivity contribution in [1.29, 1.82) is 0 Å². The molecule has 5 rings (SSSR count). The van der Waals surface area contributed by atoms with Gasteiger partial charge in [0.1, 0.15) is 11.4 Å². The third-order valence-corrected chi connectivity index (χ3v) is 6.16. The lowest BCUT2D eigenvalue weighted by atomic mass is 10.1. The van der Waals surface area contributed by atoms with Crippen molar-refractivity contribution in [3.63, 3.8) is 0 Å². The van der Waals surface area contributed by atoms with E-state index in [1.54, 1.807) is 6.20 Å². The van der Waals surface area contributed by atoms with Crippen LogP contribution in [0.5, 0.6) is 0 Å². The fourth-order valence-electron chi connectivity index (χ4n) is 3.57. The summed E-state index contributed by atoms with van der Waals surface area (Å²) in [7, 11) is 0. The maximum atomic E-state index is 12.8. The van der Waals surface area contributed by atoms with Gasteiger partial charge in [-0.25, -0.2) is 4.98 Å². The van der Waals surface area contributed by atoms with Gasteiger partial charge in [0.15, 0.2) is 10.6 Å². The van der Waals surface area contributed by atoms with Gasteiger partial charge in [0.25, 0.3) is 11.5 Å². The first kappa shape index (κ1) is 20.1. The van der Waals surface area contributed by atoms with Crippen LogP contribution in [0.3, 0.4) is 0 Å². The average molecular weight is 445 g/mol. The second-order valence-corrected chi connectivity index (χ2v) is 8.49. The highest BCUT2D eigenvalue weighted by molar-refractivity contribution is 7.17. The van der Waals surface area contributed by atoms with Crippen LogP contribution in [0.15, 0.2) is 71.9 Å². The van der Waals surface area contributed by atoms with Gasteiger partial charge in [0.2, 0.25) is 0 Å². The Kier molecular flexibility index (Phi) is 5.47. The molecule has 0 radical (unpaired) electrons. The normalized spacial score (nSPS) is 11.2. The highest BCUT2D eigenvalue weighted by atomic mass is 32.1. The number of nitrogens with one attached hydrogen (secondary N) is 1. The maximum absolute atomic E-state index is 12.8. The minimum atomic E-state index is -0.418. The van der Waals surface area contributed by atoms with Gasteiger partial charge in [0.05, 0.1) is 0 Å². The molecule has 1 aromatic carbocycles. The highest BCUT2D eigenvalue weighted by Gasteiger charge is 2.15. The summed E-state index contributed by atoms with van der Waals surface area (Å²) in [5.74, 6) is 0.418. The number of thiazole rings is 1. The Morgan fingerprint density at radius 1 is 1.03 bits per heavy atom. The van der Waals surface area contributed by atoms with Gasteiger partial charge >= 0.3 is 0 Å². The maximum Gasteiger partial charge on any atom is 0.271 e. The molecule has 0 saturated heterocycles. The zero-order valence-corrected chi connectivity index (χ0v) is 18.0. The Bertz CT molecular complexity index is 1450. The Morgan fingerprint density at radius 2 is 1.88 bits per heavy atom. The zero-order chi connectivity index (χ0) is 21.9. The summed E-state index contributed by atoms with van der Waals surface area (Å²) in [6, 6.07) is 15.8. The number of fused-ring (bicyclic) bond motifs is 2. The van der Waals surface area contributed by atoms with Crippen LogP contribution in [0.2, 0.25) is 0 Å². The number of hydrogen-bond acceptors (Lipinski definition) is 6. The van der Waals surface area contributed by atoms with E-state index in [2.05, 4.69) is 20.5 Å². The fraction of sp³-hybridized carbons (Fsp3) is 0.174. The van der Waals surface area contributed by atoms with Gasteiger partial charge in [-0.15, -0.1) is 21.5 Å². The first-order valence-corrected chi connectivity index (χ1v) is 11.1. The molecule has 0 saturated carbocycles. The SMILES string of the molecule is O=C(NCCCc1nnc2ccccn12)c1cnc2sc(Cc3ccccc3)cn2c1=O. The first-order chi connectivity index (χ1) is 15.7. The molecule has 1 N–H and O–H groups in total. The van der Waals surface area contributed by atoms with E-state index < -0.39 is 5.91 Å². The molecular weight excluding hydrogens is 424 g/mol. The zero-order valence-electron chi connectivity index (χ0n) is 17.1. The molecule has 8 nitrogen and oxygen atoms in total. The van der Waals surface area contributed by atoms with Crippen molar-refractivity contribution in [2.45, 2.75) is 19.3 Å². The minimum absolute atomic E-state index is 0.0412. The van der Waals surface area contributed by atoms with Gasteiger partial charge in [0, 0.05) is 42.9 Å². The molecule has 0 bridgehead atoms. The molecule has 5 aromatic rings. The van der Waals surface area contributed by atoms with Gasteiger partial charge in [-0.1, -0.05) is 36.4 Å². The van der Waals surface area contributed by atoms with Gasteiger partial charge < -0.3 is 5.32 Å². The molecule has 0 aliphatic carbocycles. The summed E-state index contributed by atoms with van der Waals surface area (Å²) in [6.45, 7) is 0.422. The third kappa shape index (κ3) is 4.02. The van der Waals surface area contributed by atoms with Crippen molar-refractivity contribution in [1.82, 2.24) is 29.3 Å². The molecule has 32 heavy (non-hydrogen) atoms. The van der Waals surface area contributed by atoms with Gasteiger partial charge in [-0.3, -0.25) is 18.4 Å². The molecule has 0 unspecified atom stereocenters. The monoisotopic (exact) mass is 444 g/mol. The lowest BCUT2D eigenvalue weighted by Crippen LogP contribution is -2.32. The summed E-state index contributed by atoms with van der Waals surface area (Å²) < 4.78 is 3.38. The molecule has 0 aliphatic heterocycles. The number of hydrogen-bond donors (Lipinski definition) is 1. The van der Waals surface area contributed by atoms with Crippen LogP contribution >= 0.6 is 11.3 Å². The quantitative estimate of drug-likeness (QED) is 0.390. The van der Waals surface area contributed by atoms with E-state index in [0.717, 1.165) is 21.9 Å². The second-order valence-electron chi connectivity index (χ2n) is 7.39. The van der Waals surface area contributed by atoms with E-state index in [9.17, 15) is 9.59 Å². The summed E-state index contributed by atoms with van der Waals surface area (Å²) in [6.07, 6.45) is 7.11. The third-order valence-electron chi connectivity index (χ3n) is 5.17. The Hall–Kier alpha value is -3.85. The first-order valence-electron chi connectivity index (χ1n) is 10.3. The molecule has 9 heteroatoms. The van der Waals surface area contributed by atoms with Gasteiger partial charge in [-0.2, -0.15) is 0 Å². The van der Waals surface area contributed by atoms with Crippen LogP contribution in [-0.4, -0.2) is 36.4 Å². The van der Waals surface area contributed by atoms with Gasteiger partial charge in [-0.05, 0) is 24.1 Å². The Balaban J connectivity index is 1.24. The molecule has 0 fully saturated rings. The van der Waals surface area contributed by atoms with Crippen LogP contribution in [0.1, 0.15) is 33.0 Å². The lowest BCUT2D eigenvalue weighted by Gasteiger charge is -2.04. The summed E-state index contributed by atoms with van der Waals surface area (Å²) in [4.78, 5) is 31.4. The number of carbonyl (C=O) groups excluding carboxylic acids is 1. The Labute approximate surface area is 187 Å². The summed E-state index contributed by atoms with van der Waals surface area (Å²) in [5.41, 5.74) is 1.64. The fourth-order valence-corrected chi connectivity index (χ4v) is 4.54. The number of aromatic nitrogens is 5. The van der Waals surface area contributed by atoms with Crippen LogP contribution in [0, 0.1) is 0 Å². The highest BCUT2D eigenvalue weighted by Crippen LogP contribution is 2.18. The summed E-state index contributed by atoms with van der Waals surface area (Å²) >= 11 is 1.45. The van der Waals surface area contributed by atoms with E-state index in [4.69, 9.17) is 0 Å². The number of carbonyl (C=O) groups is 1. The second kappa shape index (κ2) is 8.72. The average Bonchev–Trinajstić information content (AvgIpc) is 3.42. The molecule has 4 heterocycles. The largest absolute Gasteiger partial charge is 0.352 e.